The van der Waals surface area contributed by atoms with E-state index >= 15 is 0 Å². The highest BCUT2D eigenvalue weighted by Gasteiger charge is 1.94. The summed E-state index contributed by atoms with van der Waals surface area (Å²) >= 11 is 0. The van der Waals surface area contributed by atoms with Gasteiger partial charge in [0.05, 0.1) is 0 Å². The maximum Gasteiger partial charge on any atom is 0.0488 e. The Kier molecular flexibility index (Phi) is 13.0. The fourth-order valence-corrected chi connectivity index (χ4v) is 1.83. The molecule has 0 aromatic carbocycles. The van der Waals surface area contributed by atoms with Crippen molar-refractivity contribution in [1.29, 1.82) is 0 Å². The van der Waals surface area contributed by atoms with Crippen LogP contribution in [0.3, 0.4) is 0 Å². The van der Waals surface area contributed by atoms with E-state index in [1.807, 2.05) is 0 Å². The molecule has 16 heavy (non-hydrogen) atoms. The molecule has 0 amide bonds. The molecule has 0 heterocycles. The number of rotatable bonds is 12. The number of unbranched alkanes of at least 4 members (excludes halogenated alkanes) is 8. The highest BCUT2D eigenvalue weighted by molar-refractivity contribution is 4.47. The van der Waals surface area contributed by atoms with E-state index in [0.717, 1.165) is 13.2 Å². The van der Waals surface area contributed by atoms with Gasteiger partial charge in [-0.3, -0.25) is 0 Å². The van der Waals surface area contributed by atoms with E-state index in [1.54, 1.807) is 0 Å². The second-order valence-corrected chi connectivity index (χ2v) is 5.30. The fraction of sp³-hybridized carbons (Fsp3) is 1.00. The molecule has 0 N–H and O–H groups in total. The summed E-state index contributed by atoms with van der Waals surface area (Å²) in [4.78, 5) is 0. The van der Waals surface area contributed by atoms with Crippen LogP contribution in [-0.2, 0) is 4.74 Å². The van der Waals surface area contributed by atoms with Crippen LogP contribution in [0, 0.1) is 5.92 Å². The first-order chi connectivity index (χ1) is 7.77. The van der Waals surface area contributed by atoms with Crippen molar-refractivity contribution in [3.8, 4) is 0 Å². The van der Waals surface area contributed by atoms with E-state index in [1.165, 1.54) is 57.8 Å². The van der Waals surface area contributed by atoms with Crippen LogP contribution in [0.25, 0.3) is 0 Å². The van der Waals surface area contributed by atoms with E-state index in [2.05, 4.69) is 20.8 Å². The average Bonchev–Trinajstić information content (AvgIpc) is 2.25. The molecule has 0 bridgehead atoms. The largest absolute Gasteiger partial charge is 0.381 e. The molecule has 0 saturated carbocycles. The van der Waals surface area contributed by atoms with Crippen molar-refractivity contribution >= 4 is 0 Å². The van der Waals surface area contributed by atoms with Crippen LogP contribution in [0.15, 0.2) is 0 Å². The second-order valence-electron chi connectivity index (χ2n) is 5.30. The third kappa shape index (κ3) is 14.0. The molecule has 0 fully saturated rings. The lowest BCUT2D eigenvalue weighted by Crippen LogP contribution is -2.02. The van der Waals surface area contributed by atoms with E-state index in [-0.39, 0.29) is 0 Å². The Morgan fingerprint density at radius 3 is 1.75 bits per heavy atom. The monoisotopic (exact) mass is 228 g/mol. The van der Waals surface area contributed by atoms with E-state index < -0.39 is 0 Å². The summed E-state index contributed by atoms with van der Waals surface area (Å²) in [6.45, 7) is 8.58. The predicted octanol–water partition coefficient (Wildman–Crippen LogP) is 5.19. The molecule has 0 saturated heterocycles. The van der Waals surface area contributed by atoms with Gasteiger partial charge in [-0.2, -0.15) is 0 Å². The number of ether oxygens (including phenoxy) is 1. The Labute approximate surface area is 103 Å². The Morgan fingerprint density at radius 1 is 0.750 bits per heavy atom. The molecule has 0 spiro atoms. The summed E-state index contributed by atoms with van der Waals surface area (Å²) in [6.07, 6.45) is 12.5. The van der Waals surface area contributed by atoms with Crippen molar-refractivity contribution in [3.63, 3.8) is 0 Å². The van der Waals surface area contributed by atoms with Gasteiger partial charge in [0.15, 0.2) is 0 Å². The van der Waals surface area contributed by atoms with Crippen LogP contribution in [0.4, 0.5) is 0 Å². The van der Waals surface area contributed by atoms with Crippen LogP contribution in [0.2, 0.25) is 0 Å². The van der Waals surface area contributed by atoms with E-state index in [0.29, 0.717) is 5.92 Å². The van der Waals surface area contributed by atoms with Crippen molar-refractivity contribution in [2.75, 3.05) is 13.2 Å². The maximum absolute atomic E-state index is 5.55. The molecule has 0 atom stereocenters. The third-order valence-corrected chi connectivity index (χ3v) is 2.84. The van der Waals surface area contributed by atoms with Gasteiger partial charge in [-0.1, -0.05) is 72.1 Å². The van der Waals surface area contributed by atoms with Gasteiger partial charge in [-0.05, 0) is 12.3 Å². The summed E-state index contributed by atoms with van der Waals surface area (Å²) in [5, 5.41) is 0. The summed E-state index contributed by atoms with van der Waals surface area (Å²) < 4.78 is 5.55. The third-order valence-electron chi connectivity index (χ3n) is 2.84. The Morgan fingerprint density at radius 2 is 1.25 bits per heavy atom. The van der Waals surface area contributed by atoms with E-state index in [4.69, 9.17) is 4.74 Å². The SMILES string of the molecule is CCCCCCCCCCCOCC(C)C. The maximum atomic E-state index is 5.55. The lowest BCUT2D eigenvalue weighted by molar-refractivity contribution is 0.106. The van der Waals surface area contributed by atoms with Gasteiger partial charge in [0.1, 0.15) is 0 Å². The van der Waals surface area contributed by atoms with Crippen LogP contribution in [-0.4, -0.2) is 13.2 Å². The molecule has 0 unspecified atom stereocenters. The zero-order chi connectivity index (χ0) is 12.1. The van der Waals surface area contributed by atoms with Gasteiger partial charge in [0.25, 0.3) is 0 Å². The minimum atomic E-state index is 0.679. The molecule has 0 aromatic heterocycles. The van der Waals surface area contributed by atoms with Crippen LogP contribution in [0.5, 0.6) is 0 Å². The zero-order valence-electron chi connectivity index (χ0n) is 11.8. The van der Waals surface area contributed by atoms with Crippen molar-refractivity contribution in [2.24, 2.45) is 5.92 Å². The van der Waals surface area contributed by atoms with Crippen molar-refractivity contribution < 1.29 is 4.74 Å². The molecule has 0 aliphatic rings. The van der Waals surface area contributed by atoms with Gasteiger partial charge in [-0.15, -0.1) is 0 Å². The minimum absolute atomic E-state index is 0.679. The molecular formula is C15H32O. The molecular weight excluding hydrogens is 196 g/mol. The zero-order valence-corrected chi connectivity index (χ0v) is 11.8. The van der Waals surface area contributed by atoms with Crippen molar-refractivity contribution in [1.82, 2.24) is 0 Å². The van der Waals surface area contributed by atoms with Gasteiger partial charge in [-0.25, -0.2) is 0 Å². The topological polar surface area (TPSA) is 9.23 Å². The summed E-state index contributed by atoms with van der Waals surface area (Å²) in [5.41, 5.74) is 0. The first-order valence-corrected chi connectivity index (χ1v) is 7.35. The normalized spacial score (nSPS) is 11.2. The van der Waals surface area contributed by atoms with Crippen LogP contribution < -0.4 is 0 Å². The molecule has 98 valence electrons. The number of hydrogen-bond donors (Lipinski definition) is 0. The first-order valence-electron chi connectivity index (χ1n) is 7.35. The quantitative estimate of drug-likeness (QED) is 0.418. The summed E-state index contributed by atoms with van der Waals surface area (Å²) in [6, 6.07) is 0. The lowest BCUT2D eigenvalue weighted by atomic mass is 10.1. The standard InChI is InChI=1S/C15H32O/c1-4-5-6-7-8-9-10-11-12-13-16-14-15(2)3/h15H,4-14H2,1-3H3. The fourth-order valence-electron chi connectivity index (χ4n) is 1.83. The average molecular weight is 228 g/mol. The van der Waals surface area contributed by atoms with Gasteiger partial charge < -0.3 is 4.74 Å². The summed E-state index contributed by atoms with van der Waals surface area (Å²) in [5.74, 6) is 0.679. The molecule has 1 heteroatoms. The highest BCUT2D eigenvalue weighted by Crippen LogP contribution is 2.09. The first kappa shape index (κ1) is 16.0. The Bertz CT molecular complexity index is 121. The van der Waals surface area contributed by atoms with Crippen molar-refractivity contribution in [3.05, 3.63) is 0 Å². The Balaban J connectivity index is 2.88. The predicted molar refractivity (Wildman–Crippen MR) is 72.9 cm³/mol. The van der Waals surface area contributed by atoms with Crippen LogP contribution >= 0.6 is 0 Å². The lowest BCUT2D eigenvalue weighted by Gasteiger charge is -2.06. The number of hydrogen-bond acceptors (Lipinski definition) is 1. The highest BCUT2D eigenvalue weighted by atomic mass is 16.5. The van der Waals surface area contributed by atoms with Gasteiger partial charge in [0.2, 0.25) is 0 Å². The Hall–Kier alpha value is -0.0400. The second kappa shape index (κ2) is 13.0. The van der Waals surface area contributed by atoms with Gasteiger partial charge >= 0.3 is 0 Å². The minimum Gasteiger partial charge on any atom is -0.381 e. The van der Waals surface area contributed by atoms with E-state index in [9.17, 15) is 0 Å². The summed E-state index contributed by atoms with van der Waals surface area (Å²) in [7, 11) is 0. The van der Waals surface area contributed by atoms with Gasteiger partial charge in [0, 0.05) is 13.2 Å². The molecule has 0 aromatic rings. The molecule has 1 nitrogen and oxygen atoms in total. The molecule has 0 radical (unpaired) electrons. The molecule has 0 aliphatic carbocycles. The molecule has 0 rings (SSSR count). The molecule has 0 aliphatic heterocycles. The van der Waals surface area contributed by atoms with Crippen LogP contribution in [0.1, 0.15) is 78.6 Å². The van der Waals surface area contributed by atoms with Crippen molar-refractivity contribution in [2.45, 2.75) is 78.6 Å². The smallest absolute Gasteiger partial charge is 0.0488 e.